The van der Waals surface area contributed by atoms with Gasteiger partial charge in [0.1, 0.15) is 0 Å². The molecule has 1 aliphatic rings. The molecule has 0 aromatic rings. The van der Waals surface area contributed by atoms with E-state index in [4.69, 9.17) is 4.74 Å². The Morgan fingerprint density at radius 1 is 1.28 bits per heavy atom. The summed E-state index contributed by atoms with van der Waals surface area (Å²) in [6, 6.07) is 0. The van der Waals surface area contributed by atoms with Crippen LogP contribution in [0.25, 0.3) is 0 Å². The zero-order chi connectivity index (χ0) is 13.4. The Balaban J connectivity index is 2.22. The molecule has 1 aliphatic heterocycles. The van der Waals surface area contributed by atoms with Crippen molar-refractivity contribution in [3.05, 3.63) is 0 Å². The van der Waals surface area contributed by atoms with Gasteiger partial charge in [0.05, 0.1) is 13.2 Å². The average Bonchev–Trinajstić information content (AvgIpc) is 2.42. The summed E-state index contributed by atoms with van der Waals surface area (Å²) in [7, 11) is 3.61. The molecule has 0 atom stereocenters. The van der Waals surface area contributed by atoms with Crippen LogP contribution >= 0.6 is 0 Å². The summed E-state index contributed by atoms with van der Waals surface area (Å²) in [6.45, 7) is 3.91. The Morgan fingerprint density at radius 3 is 2.56 bits per heavy atom. The monoisotopic (exact) mass is 257 g/mol. The number of hydrogen-bond acceptors (Lipinski definition) is 4. The molecule has 0 spiro atoms. The standard InChI is InChI=1S/C12H23N3O3/c1-13-5-6-14(2)11(16)3-4-12(17)15-7-9-18-10-8-15/h13H,3-10H2,1-2H3. The molecule has 0 unspecified atom stereocenters. The molecule has 0 aromatic carbocycles. The van der Waals surface area contributed by atoms with Gasteiger partial charge in [-0.2, -0.15) is 0 Å². The van der Waals surface area contributed by atoms with Crippen molar-refractivity contribution in [3.8, 4) is 0 Å². The number of carbonyl (C=O) groups excluding carboxylic acids is 2. The highest BCUT2D eigenvalue weighted by Gasteiger charge is 2.18. The minimum atomic E-state index is 0.0202. The molecule has 6 heteroatoms. The van der Waals surface area contributed by atoms with Crippen molar-refractivity contribution >= 4 is 11.8 Å². The number of likely N-dealkylation sites (N-methyl/N-ethyl adjacent to an activating group) is 2. The second kappa shape index (κ2) is 8.05. The van der Waals surface area contributed by atoms with Gasteiger partial charge in [0.25, 0.3) is 0 Å². The van der Waals surface area contributed by atoms with E-state index in [1.807, 2.05) is 7.05 Å². The Hall–Kier alpha value is -1.14. The van der Waals surface area contributed by atoms with Crippen molar-refractivity contribution in [1.29, 1.82) is 0 Å². The highest BCUT2D eigenvalue weighted by molar-refractivity contribution is 5.83. The van der Waals surface area contributed by atoms with Gasteiger partial charge >= 0.3 is 0 Å². The maximum atomic E-state index is 11.8. The van der Waals surface area contributed by atoms with E-state index >= 15 is 0 Å². The van der Waals surface area contributed by atoms with Crippen LogP contribution in [0.3, 0.4) is 0 Å². The summed E-state index contributed by atoms with van der Waals surface area (Å²) in [5, 5.41) is 2.99. The van der Waals surface area contributed by atoms with Gasteiger partial charge in [0, 0.05) is 46.1 Å². The fourth-order valence-corrected chi connectivity index (χ4v) is 1.78. The largest absolute Gasteiger partial charge is 0.378 e. The van der Waals surface area contributed by atoms with Crippen LogP contribution in [0, 0.1) is 0 Å². The van der Waals surface area contributed by atoms with E-state index in [1.54, 1.807) is 16.8 Å². The van der Waals surface area contributed by atoms with Crippen molar-refractivity contribution in [1.82, 2.24) is 15.1 Å². The van der Waals surface area contributed by atoms with Crippen molar-refractivity contribution in [2.75, 3.05) is 53.5 Å². The topological polar surface area (TPSA) is 61.9 Å². The first-order chi connectivity index (χ1) is 8.65. The Morgan fingerprint density at radius 2 is 1.94 bits per heavy atom. The zero-order valence-electron chi connectivity index (χ0n) is 11.3. The van der Waals surface area contributed by atoms with Crippen LogP contribution in [0.1, 0.15) is 12.8 Å². The summed E-state index contributed by atoms with van der Waals surface area (Å²) in [4.78, 5) is 27.0. The Bertz CT molecular complexity index is 278. The normalized spacial score (nSPS) is 15.6. The van der Waals surface area contributed by atoms with Crippen LogP contribution in [-0.2, 0) is 14.3 Å². The van der Waals surface area contributed by atoms with Gasteiger partial charge in [-0.05, 0) is 7.05 Å². The molecule has 2 amide bonds. The molecule has 6 nitrogen and oxygen atoms in total. The lowest BCUT2D eigenvalue weighted by atomic mass is 10.2. The quantitative estimate of drug-likeness (QED) is 0.684. The van der Waals surface area contributed by atoms with E-state index in [0.29, 0.717) is 39.3 Å². The summed E-state index contributed by atoms with van der Waals surface area (Å²) < 4.78 is 5.18. The van der Waals surface area contributed by atoms with E-state index in [-0.39, 0.29) is 18.2 Å². The molecule has 1 fully saturated rings. The predicted molar refractivity (Wildman–Crippen MR) is 68.2 cm³/mol. The van der Waals surface area contributed by atoms with Crippen molar-refractivity contribution < 1.29 is 14.3 Å². The minimum Gasteiger partial charge on any atom is -0.378 e. The molecular weight excluding hydrogens is 234 g/mol. The summed E-state index contributed by atoms with van der Waals surface area (Å²) in [5.41, 5.74) is 0. The SMILES string of the molecule is CNCCN(C)C(=O)CCC(=O)N1CCOCC1. The zero-order valence-corrected chi connectivity index (χ0v) is 11.3. The molecule has 18 heavy (non-hydrogen) atoms. The minimum absolute atomic E-state index is 0.0202. The molecule has 0 radical (unpaired) electrons. The maximum Gasteiger partial charge on any atom is 0.223 e. The smallest absolute Gasteiger partial charge is 0.223 e. The van der Waals surface area contributed by atoms with Crippen LogP contribution in [0.2, 0.25) is 0 Å². The molecule has 1 rings (SSSR count). The number of morpholine rings is 1. The maximum absolute atomic E-state index is 11.8. The molecule has 1 heterocycles. The first-order valence-corrected chi connectivity index (χ1v) is 6.39. The first-order valence-electron chi connectivity index (χ1n) is 6.39. The van der Waals surface area contributed by atoms with E-state index in [2.05, 4.69) is 5.32 Å². The molecule has 0 aliphatic carbocycles. The Kier molecular flexibility index (Phi) is 6.67. The molecule has 0 bridgehead atoms. The lowest BCUT2D eigenvalue weighted by Crippen LogP contribution is -2.41. The van der Waals surface area contributed by atoms with Crippen LogP contribution < -0.4 is 5.32 Å². The number of nitrogens with zero attached hydrogens (tertiary/aromatic N) is 2. The molecular formula is C12H23N3O3. The van der Waals surface area contributed by atoms with Crippen LogP contribution in [-0.4, -0.2) is 75.1 Å². The highest BCUT2D eigenvalue weighted by Crippen LogP contribution is 2.03. The number of hydrogen-bond donors (Lipinski definition) is 1. The summed E-state index contributed by atoms with van der Waals surface area (Å²) >= 11 is 0. The van der Waals surface area contributed by atoms with Crippen molar-refractivity contribution in [3.63, 3.8) is 0 Å². The number of nitrogens with one attached hydrogen (secondary N) is 1. The Labute approximate surface area is 108 Å². The average molecular weight is 257 g/mol. The van der Waals surface area contributed by atoms with Crippen molar-refractivity contribution in [2.24, 2.45) is 0 Å². The molecule has 1 saturated heterocycles. The fourth-order valence-electron chi connectivity index (χ4n) is 1.78. The number of ether oxygens (including phenoxy) is 1. The van der Waals surface area contributed by atoms with Gasteiger partial charge in [-0.1, -0.05) is 0 Å². The fraction of sp³-hybridized carbons (Fsp3) is 0.833. The molecule has 104 valence electrons. The van der Waals surface area contributed by atoms with Gasteiger partial charge in [-0.25, -0.2) is 0 Å². The third-order valence-electron chi connectivity index (χ3n) is 3.04. The number of carbonyl (C=O) groups is 2. The highest BCUT2D eigenvalue weighted by atomic mass is 16.5. The third kappa shape index (κ3) is 5.01. The lowest BCUT2D eigenvalue weighted by molar-refractivity contribution is -0.138. The van der Waals surface area contributed by atoms with E-state index < -0.39 is 0 Å². The van der Waals surface area contributed by atoms with Gasteiger partial charge in [-0.3, -0.25) is 9.59 Å². The first kappa shape index (κ1) is 14.9. The summed E-state index contributed by atoms with van der Waals surface area (Å²) in [5.74, 6) is 0.0699. The second-order valence-electron chi connectivity index (χ2n) is 4.41. The van der Waals surface area contributed by atoms with Crippen LogP contribution in [0.5, 0.6) is 0 Å². The molecule has 0 aromatic heterocycles. The van der Waals surface area contributed by atoms with E-state index in [1.165, 1.54) is 0 Å². The third-order valence-corrected chi connectivity index (χ3v) is 3.04. The second-order valence-corrected chi connectivity index (χ2v) is 4.41. The molecule has 1 N–H and O–H groups in total. The predicted octanol–water partition coefficient (Wildman–Crippen LogP) is -0.697. The number of rotatable bonds is 6. The van der Waals surface area contributed by atoms with Gasteiger partial charge in [-0.15, -0.1) is 0 Å². The number of amides is 2. The lowest BCUT2D eigenvalue weighted by Gasteiger charge is -2.27. The summed E-state index contributed by atoms with van der Waals surface area (Å²) in [6.07, 6.45) is 0.582. The van der Waals surface area contributed by atoms with E-state index in [9.17, 15) is 9.59 Å². The van der Waals surface area contributed by atoms with Gasteiger partial charge < -0.3 is 19.9 Å². The van der Waals surface area contributed by atoms with Crippen LogP contribution in [0.15, 0.2) is 0 Å². The van der Waals surface area contributed by atoms with Crippen molar-refractivity contribution in [2.45, 2.75) is 12.8 Å². The van der Waals surface area contributed by atoms with Gasteiger partial charge in [0.2, 0.25) is 11.8 Å². The van der Waals surface area contributed by atoms with E-state index in [0.717, 1.165) is 6.54 Å². The van der Waals surface area contributed by atoms with Crippen LogP contribution in [0.4, 0.5) is 0 Å². The molecule has 0 saturated carbocycles. The van der Waals surface area contributed by atoms with Gasteiger partial charge in [0.15, 0.2) is 0 Å².